The van der Waals surface area contributed by atoms with E-state index in [9.17, 15) is 9.59 Å². The predicted molar refractivity (Wildman–Crippen MR) is 113 cm³/mol. The number of rotatable bonds is 4. The van der Waals surface area contributed by atoms with E-state index in [2.05, 4.69) is 10.4 Å². The van der Waals surface area contributed by atoms with Gasteiger partial charge in [-0.15, -0.1) is 0 Å². The van der Waals surface area contributed by atoms with Gasteiger partial charge < -0.3 is 10.2 Å². The third-order valence-electron chi connectivity index (χ3n) is 4.37. The van der Waals surface area contributed by atoms with Crippen LogP contribution in [0.1, 0.15) is 21.7 Å². The maximum Gasteiger partial charge on any atom is 0.280 e. The summed E-state index contributed by atoms with van der Waals surface area (Å²) < 4.78 is 1.55. The predicted octanol–water partition coefficient (Wildman–Crippen LogP) is 3.82. The third kappa shape index (κ3) is 4.07. The van der Waals surface area contributed by atoms with E-state index in [4.69, 9.17) is 11.6 Å². The van der Waals surface area contributed by atoms with E-state index in [0.717, 1.165) is 11.3 Å². The molecule has 1 amide bonds. The molecule has 0 aliphatic carbocycles. The maximum absolute atomic E-state index is 12.7. The Balaban J connectivity index is 1.95. The van der Waals surface area contributed by atoms with Crippen LogP contribution in [0.3, 0.4) is 0 Å². The zero-order chi connectivity index (χ0) is 20.4. The van der Waals surface area contributed by atoms with Crippen LogP contribution < -0.4 is 15.6 Å². The molecule has 0 saturated heterocycles. The molecule has 7 heteroatoms. The quantitative estimate of drug-likeness (QED) is 0.728. The highest BCUT2D eigenvalue weighted by Gasteiger charge is 2.16. The van der Waals surface area contributed by atoms with E-state index in [-0.39, 0.29) is 5.69 Å². The molecular formula is C21H21ClN4O2. The van der Waals surface area contributed by atoms with Gasteiger partial charge in [0.2, 0.25) is 5.43 Å². The lowest BCUT2D eigenvalue weighted by atomic mass is 10.1. The smallest absolute Gasteiger partial charge is 0.280 e. The first-order valence-corrected chi connectivity index (χ1v) is 9.10. The van der Waals surface area contributed by atoms with Crippen LogP contribution in [-0.4, -0.2) is 29.8 Å². The van der Waals surface area contributed by atoms with Gasteiger partial charge in [-0.05, 0) is 61.9 Å². The minimum absolute atomic E-state index is 0.170. The van der Waals surface area contributed by atoms with Gasteiger partial charge in [-0.1, -0.05) is 11.6 Å². The van der Waals surface area contributed by atoms with Crippen molar-refractivity contribution < 1.29 is 4.79 Å². The average molecular weight is 397 g/mol. The molecule has 6 nitrogen and oxygen atoms in total. The number of nitrogens with one attached hydrogen (secondary N) is 1. The van der Waals surface area contributed by atoms with Crippen molar-refractivity contribution in [2.24, 2.45) is 0 Å². The first kappa shape index (κ1) is 19.6. The van der Waals surface area contributed by atoms with Gasteiger partial charge >= 0.3 is 0 Å². The van der Waals surface area contributed by atoms with Gasteiger partial charge in [0.25, 0.3) is 5.91 Å². The van der Waals surface area contributed by atoms with E-state index in [1.807, 2.05) is 44.1 Å². The minimum atomic E-state index is -0.548. The highest BCUT2D eigenvalue weighted by molar-refractivity contribution is 6.30. The van der Waals surface area contributed by atoms with Crippen molar-refractivity contribution in [3.63, 3.8) is 0 Å². The van der Waals surface area contributed by atoms with Crippen LogP contribution in [0.2, 0.25) is 5.02 Å². The molecule has 0 atom stereocenters. The van der Waals surface area contributed by atoms with Crippen molar-refractivity contribution in [2.45, 2.75) is 13.8 Å². The molecule has 28 heavy (non-hydrogen) atoms. The maximum atomic E-state index is 12.7. The fourth-order valence-corrected chi connectivity index (χ4v) is 2.92. The summed E-state index contributed by atoms with van der Waals surface area (Å²) in [5, 5.41) is 7.66. The molecule has 0 radical (unpaired) electrons. The molecule has 0 aliphatic heterocycles. The number of halogens is 1. The average Bonchev–Trinajstić information content (AvgIpc) is 2.64. The molecule has 144 valence electrons. The molecule has 2 aromatic carbocycles. The van der Waals surface area contributed by atoms with Crippen molar-refractivity contribution in [3.05, 3.63) is 80.7 Å². The number of aryl methyl sites for hydroxylation is 2. The van der Waals surface area contributed by atoms with Crippen LogP contribution in [0.5, 0.6) is 0 Å². The molecule has 1 heterocycles. The number of nitrogens with zero attached hydrogens (tertiary/aromatic N) is 3. The number of aromatic nitrogens is 2. The number of hydrogen-bond donors (Lipinski definition) is 1. The second-order valence-electron chi connectivity index (χ2n) is 6.73. The zero-order valence-corrected chi connectivity index (χ0v) is 16.9. The summed E-state index contributed by atoms with van der Waals surface area (Å²) in [6, 6.07) is 14.1. The summed E-state index contributed by atoms with van der Waals surface area (Å²) in [6.07, 6.45) is 0. The number of carbonyl (C=O) groups excluding carboxylic acids is 1. The normalized spacial score (nSPS) is 10.6. The second kappa shape index (κ2) is 7.86. The topological polar surface area (TPSA) is 67.2 Å². The Labute approximate surface area is 168 Å². The lowest BCUT2D eigenvalue weighted by molar-refractivity contribution is 0.101. The molecule has 1 N–H and O–H groups in total. The molecule has 0 fully saturated rings. The fraction of sp³-hybridized carbons (Fsp3) is 0.190. The van der Waals surface area contributed by atoms with Gasteiger partial charge in [0.05, 0.1) is 5.69 Å². The summed E-state index contributed by atoms with van der Waals surface area (Å²) in [4.78, 5) is 27.1. The van der Waals surface area contributed by atoms with Crippen LogP contribution in [0.15, 0.2) is 53.3 Å². The van der Waals surface area contributed by atoms with Crippen molar-refractivity contribution >= 4 is 28.9 Å². The fourth-order valence-electron chi connectivity index (χ4n) is 2.80. The summed E-state index contributed by atoms with van der Waals surface area (Å²) in [5.41, 5.74) is 3.28. The van der Waals surface area contributed by atoms with E-state index in [1.54, 1.807) is 35.9 Å². The van der Waals surface area contributed by atoms with E-state index in [0.29, 0.717) is 22.1 Å². The van der Waals surface area contributed by atoms with Gasteiger partial charge in [0.1, 0.15) is 0 Å². The number of amides is 1. The van der Waals surface area contributed by atoms with E-state index in [1.165, 1.54) is 6.07 Å². The van der Waals surface area contributed by atoms with Crippen LogP contribution >= 0.6 is 11.6 Å². The number of benzene rings is 2. The number of carbonyl (C=O) groups is 1. The van der Waals surface area contributed by atoms with Crippen molar-refractivity contribution in [1.29, 1.82) is 0 Å². The SMILES string of the molecule is Cc1cc(N(C)C)ccc1NC(=O)c1nn(-c2ccc(Cl)cc2)c(C)cc1=O. The standard InChI is InChI=1S/C21H21ClN4O2/c1-13-11-17(25(3)4)9-10-18(13)23-21(28)20-19(27)12-14(2)26(24-20)16-7-5-15(22)6-8-16/h5-12H,1-4H3,(H,23,28). The molecular weight excluding hydrogens is 376 g/mol. The molecule has 3 rings (SSSR count). The Hall–Kier alpha value is -3.12. The molecule has 0 spiro atoms. The van der Waals surface area contributed by atoms with Crippen LogP contribution in [0.4, 0.5) is 11.4 Å². The van der Waals surface area contributed by atoms with Crippen LogP contribution in [0, 0.1) is 13.8 Å². The highest BCUT2D eigenvalue weighted by Crippen LogP contribution is 2.21. The Morgan fingerprint density at radius 2 is 1.75 bits per heavy atom. The van der Waals surface area contributed by atoms with Gasteiger partial charge in [-0.2, -0.15) is 5.10 Å². The molecule has 0 bridgehead atoms. The lowest BCUT2D eigenvalue weighted by Crippen LogP contribution is -2.27. The lowest BCUT2D eigenvalue weighted by Gasteiger charge is -2.16. The first-order chi connectivity index (χ1) is 13.3. The zero-order valence-electron chi connectivity index (χ0n) is 16.2. The van der Waals surface area contributed by atoms with Gasteiger partial charge in [0.15, 0.2) is 5.69 Å². The third-order valence-corrected chi connectivity index (χ3v) is 4.62. The number of anilines is 2. The van der Waals surface area contributed by atoms with Crippen molar-refractivity contribution in [3.8, 4) is 5.69 Å². The van der Waals surface area contributed by atoms with Gasteiger partial charge in [-0.25, -0.2) is 4.68 Å². The minimum Gasteiger partial charge on any atom is -0.378 e. The summed E-state index contributed by atoms with van der Waals surface area (Å²) in [6.45, 7) is 3.66. The molecule has 0 unspecified atom stereocenters. The monoisotopic (exact) mass is 396 g/mol. The van der Waals surface area contributed by atoms with Crippen molar-refractivity contribution in [2.75, 3.05) is 24.3 Å². The van der Waals surface area contributed by atoms with Gasteiger partial charge in [0, 0.05) is 42.3 Å². The second-order valence-corrected chi connectivity index (χ2v) is 7.17. The highest BCUT2D eigenvalue weighted by atomic mass is 35.5. The van der Waals surface area contributed by atoms with Crippen LogP contribution in [0.25, 0.3) is 5.69 Å². The largest absolute Gasteiger partial charge is 0.378 e. The van der Waals surface area contributed by atoms with Crippen LogP contribution in [-0.2, 0) is 0 Å². The molecule has 1 aromatic heterocycles. The van der Waals surface area contributed by atoms with Crippen molar-refractivity contribution in [1.82, 2.24) is 9.78 Å². The van der Waals surface area contributed by atoms with E-state index >= 15 is 0 Å². The Morgan fingerprint density at radius 1 is 1.07 bits per heavy atom. The number of hydrogen-bond acceptors (Lipinski definition) is 4. The Morgan fingerprint density at radius 3 is 2.36 bits per heavy atom. The molecule has 3 aromatic rings. The Kier molecular flexibility index (Phi) is 5.51. The van der Waals surface area contributed by atoms with E-state index < -0.39 is 11.3 Å². The Bertz CT molecular complexity index is 1090. The summed E-state index contributed by atoms with van der Waals surface area (Å²) in [7, 11) is 3.89. The molecule has 0 aliphatic rings. The molecule has 0 saturated carbocycles. The van der Waals surface area contributed by atoms with Gasteiger partial charge in [-0.3, -0.25) is 9.59 Å². The summed E-state index contributed by atoms with van der Waals surface area (Å²) >= 11 is 5.93. The first-order valence-electron chi connectivity index (χ1n) is 8.72. The summed E-state index contributed by atoms with van der Waals surface area (Å²) in [5.74, 6) is -0.548.